The van der Waals surface area contributed by atoms with Crippen LogP contribution in [0, 0.1) is 6.92 Å². The number of carbonyl (C=O) groups excluding carboxylic acids is 1. The zero-order chi connectivity index (χ0) is 18.1. The van der Waals surface area contributed by atoms with Crippen LogP contribution in [0.15, 0.2) is 54.9 Å². The van der Waals surface area contributed by atoms with E-state index in [0.717, 1.165) is 27.0 Å². The van der Waals surface area contributed by atoms with Crippen molar-refractivity contribution in [3.8, 4) is 11.3 Å². The maximum absolute atomic E-state index is 12.7. The number of rotatable bonds is 4. The first-order valence-corrected chi connectivity index (χ1v) is 9.19. The maximum Gasteiger partial charge on any atom is 0.261 e. The molecule has 0 bridgehead atoms. The van der Waals surface area contributed by atoms with Crippen molar-refractivity contribution in [1.29, 1.82) is 0 Å². The molecule has 0 aliphatic heterocycles. The Bertz CT molecular complexity index is 1070. The molecule has 5 nitrogen and oxygen atoms in total. The van der Waals surface area contributed by atoms with Crippen molar-refractivity contribution < 1.29 is 4.79 Å². The molecular weight excluding hydrogens is 344 g/mol. The number of nitrogens with zero attached hydrogens (tertiary/aromatic N) is 2. The second-order valence-corrected chi connectivity index (χ2v) is 7.33. The monoisotopic (exact) mass is 362 g/mol. The fourth-order valence-corrected chi connectivity index (χ4v) is 3.81. The van der Waals surface area contributed by atoms with Gasteiger partial charge in [-0.3, -0.25) is 9.89 Å². The number of aromatic amines is 1. The zero-order valence-electron chi connectivity index (χ0n) is 14.5. The third-order valence-corrected chi connectivity index (χ3v) is 5.33. The number of H-pyrrole nitrogens is 1. The Hall–Kier alpha value is -2.99. The van der Waals surface area contributed by atoms with E-state index in [1.165, 1.54) is 16.9 Å². The van der Waals surface area contributed by atoms with Crippen molar-refractivity contribution in [3.63, 3.8) is 0 Å². The van der Waals surface area contributed by atoms with Gasteiger partial charge in [-0.15, -0.1) is 11.3 Å². The lowest BCUT2D eigenvalue weighted by Gasteiger charge is -2.14. The minimum absolute atomic E-state index is 0.0536. The molecular formula is C20H18N4OS. The van der Waals surface area contributed by atoms with Crippen molar-refractivity contribution in [2.45, 2.75) is 19.9 Å². The first-order valence-electron chi connectivity index (χ1n) is 8.37. The van der Waals surface area contributed by atoms with Crippen LogP contribution in [0.4, 0.5) is 0 Å². The summed E-state index contributed by atoms with van der Waals surface area (Å²) in [6.45, 7) is 4.04. The van der Waals surface area contributed by atoms with Gasteiger partial charge in [0.25, 0.3) is 5.91 Å². The predicted molar refractivity (Wildman–Crippen MR) is 104 cm³/mol. The van der Waals surface area contributed by atoms with Crippen LogP contribution >= 0.6 is 11.3 Å². The van der Waals surface area contributed by atoms with Gasteiger partial charge in [0.1, 0.15) is 4.83 Å². The fourth-order valence-electron chi connectivity index (χ4n) is 2.87. The number of thiophene rings is 1. The summed E-state index contributed by atoms with van der Waals surface area (Å²) in [5.74, 6) is -0.0770. The number of nitrogens with one attached hydrogen (secondary N) is 2. The van der Waals surface area contributed by atoms with Crippen molar-refractivity contribution >= 4 is 27.5 Å². The number of carbonyl (C=O) groups is 1. The van der Waals surface area contributed by atoms with Crippen LogP contribution in [-0.4, -0.2) is 21.1 Å². The van der Waals surface area contributed by atoms with Crippen LogP contribution in [-0.2, 0) is 0 Å². The van der Waals surface area contributed by atoms with Gasteiger partial charge in [-0.05, 0) is 37.6 Å². The van der Waals surface area contributed by atoms with Gasteiger partial charge in [0.2, 0.25) is 0 Å². The molecule has 3 aromatic heterocycles. The molecule has 0 aliphatic rings. The summed E-state index contributed by atoms with van der Waals surface area (Å²) in [5, 5.41) is 10.8. The number of benzene rings is 1. The first-order chi connectivity index (χ1) is 12.6. The molecule has 26 heavy (non-hydrogen) atoms. The maximum atomic E-state index is 12.7. The Balaban J connectivity index is 1.57. The summed E-state index contributed by atoms with van der Waals surface area (Å²) in [6.07, 6.45) is 3.54. The molecule has 1 amide bonds. The van der Waals surface area contributed by atoms with Crippen LogP contribution < -0.4 is 5.32 Å². The van der Waals surface area contributed by atoms with Crippen LogP contribution in [0.25, 0.3) is 21.5 Å². The summed E-state index contributed by atoms with van der Waals surface area (Å²) in [7, 11) is 0. The number of hydrogen-bond acceptors (Lipinski definition) is 4. The van der Waals surface area contributed by atoms with Crippen LogP contribution in [0.3, 0.4) is 0 Å². The third kappa shape index (κ3) is 3.23. The molecule has 0 saturated heterocycles. The highest BCUT2D eigenvalue weighted by Gasteiger charge is 2.15. The Labute approximate surface area is 155 Å². The molecule has 3 heterocycles. The van der Waals surface area contributed by atoms with E-state index in [-0.39, 0.29) is 11.9 Å². The topological polar surface area (TPSA) is 70.7 Å². The van der Waals surface area contributed by atoms with E-state index in [1.54, 1.807) is 12.4 Å². The lowest BCUT2D eigenvalue weighted by Crippen LogP contribution is -2.25. The zero-order valence-corrected chi connectivity index (χ0v) is 15.3. The van der Waals surface area contributed by atoms with Gasteiger partial charge < -0.3 is 5.32 Å². The van der Waals surface area contributed by atoms with E-state index in [4.69, 9.17) is 0 Å². The summed E-state index contributed by atoms with van der Waals surface area (Å²) in [5.41, 5.74) is 4.05. The standard InChI is InChI=1S/C20H18N4OS/c1-12-4-3-5-14(8-12)13(2)23-19(25)18-9-15-6-7-17(24-20(15)26-18)16-10-21-22-11-16/h3-11,13H,1-2H3,(H,21,22)(H,23,25)/t13-/m1/s1. The molecule has 0 fully saturated rings. The second-order valence-electron chi connectivity index (χ2n) is 6.30. The number of fused-ring (bicyclic) bond motifs is 1. The van der Waals surface area contributed by atoms with E-state index in [0.29, 0.717) is 4.88 Å². The molecule has 130 valence electrons. The molecule has 0 spiro atoms. The highest BCUT2D eigenvalue weighted by Crippen LogP contribution is 2.27. The van der Waals surface area contributed by atoms with Gasteiger partial charge in [0, 0.05) is 17.1 Å². The smallest absolute Gasteiger partial charge is 0.261 e. The Morgan fingerprint density at radius 3 is 2.88 bits per heavy atom. The largest absolute Gasteiger partial charge is 0.345 e. The Morgan fingerprint density at radius 1 is 1.23 bits per heavy atom. The molecule has 2 N–H and O–H groups in total. The van der Waals surface area contributed by atoms with Crippen molar-refractivity contribution in [3.05, 3.63) is 70.9 Å². The first kappa shape index (κ1) is 16.5. The van der Waals surface area contributed by atoms with Gasteiger partial charge in [-0.2, -0.15) is 5.10 Å². The number of amides is 1. The van der Waals surface area contributed by atoms with E-state index in [2.05, 4.69) is 26.6 Å². The van der Waals surface area contributed by atoms with Gasteiger partial charge >= 0.3 is 0 Å². The van der Waals surface area contributed by atoms with Crippen molar-refractivity contribution in [1.82, 2.24) is 20.5 Å². The number of aromatic nitrogens is 3. The molecule has 0 saturated carbocycles. The van der Waals surface area contributed by atoms with Gasteiger partial charge in [-0.1, -0.05) is 29.8 Å². The minimum atomic E-state index is -0.0770. The second kappa shape index (κ2) is 6.72. The number of aryl methyl sites for hydroxylation is 1. The number of pyridine rings is 1. The van der Waals surface area contributed by atoms with Crippen LogP contribution in [0.2, 0.25) is 0 Å². The molecule has 1 atom stereocenters. The summed E-state index contributed by atoms with van der Waals surface area (Å²) < 4.78 is 0. The van der Waals surface area contributed by atoms with Crippen molar-refractivity contribution in [2.24, 2.45) is 0 Å². The van der Waals surface area contributed by atoms with E-state index >= 15 is 0 Å². The Morgan fingerprint density at radius 2 is 2.12 bits per heavy atom. The van der Waals surface area contributed by atoms with Crippen LogP contribution in [0.5, 0.6) is 0 Å². The Kier molecular flexibility index (Phi) is 4.26. The van der Waals surface area contributed by atoms with Crippen molar-refractivity contribution in [2.75, 3.05) is 0 Å². The fraction of sp³-hybridized carbons (Fsp3) is 0.150. The summed E-state index contributed by atoms with van der Waals surface area (Å²) >= 11 is 1.40. The highest BCUT2D eigenvalue weighted by atomic mass is 32.1. The lowest BCUT2D eigenvalue weighted by atomic mass is 10.1. The van der Waals surface area contributed by atoms with Gasteiger partial charge in [0.05, 0.1) is 22.8 Å². The highest BCUT2D eigenvalue weighted by molar-refractivity contribution is 7.20. The minimum Gasteiger partial charge on any atom is -0.345 e. The molecule has 0 aliphatic carbocycles. The molecule has 4 rings (SSSR count). The molecule has 0 radical (unpaired) electrons. The third-order valence-electron chi connectivity index (χ3n) is 4.29. The SMILES string of the molecule is Cc1cccc([C@@H](C)NC(=O)c2cc3ccc(-c4cn[nH]c4)nc3s2)c1. The average molecular weight is 362 g/mol. The van der Waals surface area contributed by atoms with E-state index in [1.807, 2.05) is 50.2 Å². The van der Waals surface area contributed by atoms with E-state index in [9.17, 15) is 4.79 Å². The molecule has 1 aromatic carbocycles. The van der Waals surface area contributed by atoms with Crippen LogP contribution in [0.1, 0.15) is 33.8 Å². The van der Waals surface area contributed by atoms with Gasteiger partial charge in [0.15, 0.2) is 0 Å². The van der Waals surface area contributed by atoms with Gasteiger partial charge in [-0.25, -0.2) is 4.98 Å². The average Bonchev–Trinajstić information content (AvgIpc) is 3.30. The van der Waals surface area contributed by atoms with E-state index < -0.39 is 0 Å². The molecule has 4 aromatic rings. The number of hydrogen-bond donors (Lipinski definition) is 2. The quantitative estimate of drug-likeness (QED) is 0.562. The molecule has 0 unspecified atom stereocenters. The summed E-state index contributed by atoms with van der Waals surface area (Å²) in [4.78, 5) is 18.8. The molecule has 6 heteroatoms. The lowest BCUT2D eigenvalue weighted by molar-refractivity contribution is 0.0944. The predicted octanol–water partition coefficient (Wildman–Crippen LogP) is 4.49. The summed E-state index contributed by atoms with van der Waals surface area (Å²) in [6, 6.07) is 13.9. The normalized spacial score (nSPS) is 12.2.